The van der Waals surface area contributed by atoms with Crippen LogP contribution in [0.3, 0.4) is 0 Å². The normalized spacial score (nSPS) is 12.7. The highest BCUT2D eigenvalue weighted by Crippen LogP contribution is 2.38. The van der Waals surface area contributed by atoms with E-state index in [1.807, 2.05) is 17.5 Å². The number of anilines is 1. The number of halogens is 6. The van der Waals surface area contributed by atoms with E-state index in [2.05, 4.69) is 5.32 Å². The summed E-state index contributed by atoms with van der Waals surface area (Å²) >= 11 is 1.42. The van der Waals surface area contributed by atoms with Gasteiger partial charge >= 0.3 is 18.4 Å². The first-order valence-electron chi connectivity index (χ1n) is 12.9. The Morgan fingerprint density at radius 2 is 1.63 bits per heavy atom. The molecule has 1 N–H and O–H groups in total. The molecule has 0 spiro atoms. The number of alkyl halides is 6. The van der Waals surface area contributed by atoms with Gasteiger partial charge < -0.3 is 29.3 Å². The van der Waals surface area contributed by atoms with Gasteiger partial charge in [0.25, 0.3) is 0 Å². The first-order valence-corrected chi connectivity index (χ1v) is 13.7. The number of amides is 3. The van der Waals surface area contributed by atoms with Crippen LogP contribution in [0.1, 0.15) is 28.0 Å². The lowest BCUT2D eigenvalue weighted by Crippen LogP contribution is -2.44. The number of carbonyl (C=O) groups is 2. The maximum Gasteiger partial charge on any atom is 0.416 e. The molecule has 2 aromatic carbocycles. The van der Waals surface area contributed by atoms with Crippen molar-refractivity contribution < 1.29 is 50.1 Å². The van der Waals surface area contributed by atoms with E-state index in [0.29, 0.717) is 29.2 Å². The summed E-state index contributed by atoms with van der Waals surface area (Å²) in [5, 5.41) is 3.95. The predicted octanol–water partition coefficient (Wildman–Crippen LogP) is 6.61. The number of ether oxygens (including phenoxy) is 3. The number of hydrogen-bond acceptors (Lipinski definition) is 6. The van der Waals surface area contributed by atoms with Crippen LogP contribution in [-0.4, -0.2) is 55.3 Å². The zero-order valence-corrected chi connectivity index (χ0v) is 23.6. The Morgan fingerprint density at radius 3 is 2.26 bits per heavy atom. The number of rotatable bonds is 11. The maximum absolute atomic E-state index is 13.6. The number of nitrogens with zero attached hydrogens (tertiary/aromatic N) is 2. The fourth-order valence-corrected chi connectivity index (χ4v) is 4.95. The highest BCUT2D eigenvalue weighted by molar-refractivity contribution is 7.09. The SMILES string of the molecule is COCCCN(CC(=O)N(Cc1ccc2c(c1)OCO2)Cc1cccs1)C(=O)Nc1cc(C(F)(F)F)cc(C(F)(F)F)c1. The van der Waals surface area contributed by atoms with Crippen molar-refractivity contribution in [3.63, 3.8) is 0 Å². The molecule has 3 amide bonds. The van der Waals surface area contributed by atoms with Gasteiger partial charge in [0, 0.05) is 37.4 Å². The Morgan fingerprint density at radius 1 is 0.930 bits per heavy atom. The summed E-state index contributed by atoms with van der Waals surface area (Å²) in [5.41, 5.74) is -3.16. The van der Waals surface area contributed by atoms with Gasteiger partial charge in [-0.25, -0.2) is 4.79 Å². The molecule has 15 heteroatoms. The quantitative estimate of drug-likeness (QED) is 0.190. The summed E-state index contributed by atoms with van der Waals surface area (Å²) in [6, 6.07) is 8.58. The topological polar surface area (TPSA) is 80.3 Å². The van der Waals surface area contributed by atoms with E-state index in [1.54, 1.807) is 18.2 Å². The highest BCUT2D eigenvalue weighted by Gasteiger charge is 2.37. The number of methoxy groups -OCH3 is 1. The van der Waals surface area contributed by atoms with E-state index < -0.39 is 47.6 Å². The van der Waals surface area contributed by atoms with Gasteiger partial charge in [-0.05, 0) is 53.8 Å². The van der Waals surface area contributed by atoms with E-state index in [9.17, 15) is 35.9 Å². The molecule has 0 aliphatic carbocycles. The first kappa shape index (κ1) is 31.9. The molecule has 0 saturated heterocycles. The smallest absolute Gasteiger partial charge is 0.416 e. The van der Waals surface area contributed by atoms with Crippen molar-refractivity contribution in [2.75, 3.05) is 38.9 Å². The number of urea groups is 1. The van der Waals surface area contributed by atoms with Gasteiger partial charge in [0.1, 0.15) is 6.54 Å². The van der Waals surface area contributed by atoms with Crippen LogP contribution in [0.25, 0.3) is 0 Å². The lowest BCUT2D eigenvalue weighted by atomic mass is 10.1. The van der Waals surface area contributed by atoms with Crippen LogP contribution < -0.4 is 14.8 Å². The Labute approximate surface area is 246 Å². The molecule has 1 aliphatic rings. The molecule has 0 fully saturated rings. The van der Waals surface area contributed by atoms with Crippen molar-refractivity contribution in [2.24, 2.45) is 0 Å². The molecule has 0 unspecified atom stereocenters. The van der Waals surface area contributed by atoms with Crippen LogP contribution in [0.2, 0.25) is 0 Å². The molecule has 3 aromatic rings. The molecule has 232 valence electrons. The summed E-state index contributed by atoms with van der Waals surface area (Å²) in [6.45, 7) is 0.0167. The Hall–Kier alpha value is -3.98. The van der Waals surface area contributed by atoms with Crippen LogP contribution in [0.15, 0.2) is 53.9 Å². The van der Waals surface area contributed by atoms with Crippen LogP contribution in [0.4, 0.5) is 36.8 Å². The predicted molar refractivity (Wildman–Crippen MR) is 145 cm³/mol. The third kappa shape index (κ3) is 8.76. The Balaban J connectivity index is 1.56. The molecule has 1 aromatic heterocycles. The summed E-state index contributed by atoms with van der Waals surface area (Å²) in [6.07, 6.45) is -9.93. The molecule has 8 nitrogen and oxygen atoms in total. The van der Waals surface area contributed by atoms with Crippen molar-refractivity contribution in [1.82, 2.24) is 9.80 Å². The first-order chi connectivity index (χ1) is 20.3. The van der Waals surface area contributed by atoms with Gasteiger partial charge in [0.15, 0.2) is 11.5 Å². The van der Waals surface area contributed by atoms with E-state index in [4.69, 9.17) is 14.2 Å². The second-order valence-electron chi connectivity index (χ2n) is 9.51. The van der Waals surface area contributed by atoms with Gasteiger partial charge in [-0.1, -0.05) is 12.1 Å². The summed E-state index contributed by atoms with van der Waals surface area (Å²) in [5.74, 6) is 0.573. The standard InChI is InChI=1S/C28H27F6N3O5S/c1-40-8-3-7-36(26(39)35-21-12-19(27(29,30)31)11-20(13-21)28(32,33)34)16-25(38)37(15-22-4-2-9-43-22)14-18-5-6-23-24(10-18)42-17-41-23/h2,4-6,9-13H,3,7-8,14-17H2,1H3,(H,35,39). The van der Waals surface area contributed by atoms with Crippen molar-refractivity contribution in [3.05, 3.63) is 75.5 Å². The highest BCUT2D eigenvalue weighted by atomic mass is 32.1. The average molecular weight is 632 g/mol. The monoisotopic (exact) mass is 631 g/mol. The van der Waals surface area contributed by atoms with Crippen LogP contribution in [-0.2, 0) is 35.0 Å². The molecule has 1 aliphatic heterocycles. The summed E-state index contributed by atoms with van der Waals surface area (Å²) in [7, 11) is 1.42. The zero-order valence-electron chi connectivity index (χ0n) is 22.8. The molecule has 0 bridgehead atoms. The summed E-state index contributed by atoms with van der Waals surface area (Å²) in [4.78, 5) is 30.2. The van der Waals surface area contributed by atoms with Crippen LogP contribution in [0.5, 0.6) is 11.5 Å². The number of nitrogens with one attached hydrogen (secondary N) is 1. The fourth-order valence-electron chi connectivity index (χ4n) is 4.23. The van der Waals surface area contributed by atoms with Gasteiger partial charge in [0.05, 0.1) is 17.7 Å². The summed E-state index contributed by atoms with van der Waals surface area (Å²) < 4.78 is 95.8. The van der Waals surface area contributed by atoms with Crippen LogP contribution >= 0.6 is 11.3 Å². The fraction of sp³-hybridized carbons (Fsp3) is 0.357. The largest absolute Gasteiger partial charge is 0.454 e. The lowest BCUT2D eigenvalue weighted by Gasteiger charge is -2.28. The van der Waals surface area contributed by atoms with Gasteiger partial charge in [-0.2, -0.15) is 26.3 Å². The molecule has 0 atom stereocenters. The third-order valence-corrected chi connectivity index (χ3v) is 7.18. The molecular weight excluding hydrogens is 604 g/mol. The van der Waals surface area contributed by atoms with Crippen molar-refractivity contribution in [1.29, 1.82) is 0 Å². The molecule has 2 heterocycles. The molecule has 0 saturated carbocycles. The second-order valence-corrected chi connectivity index (χ2v) is 10.5. The number of fused-ring (bicyclic) bond motifs is 1. The molecule has 43 heavy (non-hydrogen) atoms. The zero-order chi connectivity index (χ0) is 31.2. The lowest BCUT2D eigenvalue weighted by molar-refractivity contribution is -0.143. The molecule has 0 radical (unpaired) electrons. The number of hydrogen-bond donors (Lipinski definition) is 1. The number of thiophene rings is 1. The van der Waals surface area contributed by atoms with Crippen molar-refractivity contribution in [2.45, 2.75) is 31.9 Å². The van der Waals surface area contributed by atoms with Crippen molar-refractivity contribution in [3.8, 4) is 11.5 Å². The minimum atomic E-state index is -5.09. The van der Waals surface area contributed by atoms with Gasteiger partial charge in [0.2, 0.25) is 12.7 Å². The number of benzene rings is 2. The minimum absolute atomic E-state index is 0.0336. The Bertz CT molecular complexity index is 1380. The van der Waals surface area contributed by atoms with Crippen molar-refractivity contribution >= 4 is 29.0 Å². The second kappa shape index (κ2) is 13.5. The number of carbonyl (C=O) groups excluding carboxylic acids is 2. The average Bonchev–Trinajstić information content (AvgIpc) is 3.63. The maximum atomic E-state index is 13.6. The van der Waals surface area contributed by atoms with E-state index >= 15 is 0 Å². The van der Waals surface area contributed by atoms with Gasteiger partial charge in [-0.15, -0.1) is 11.3 Å². The van der Waals surface area contributed by atoms with E-state index in [1.165, 1.54) is 23.3 Å². The molecule has 4 rings (SSSR count). The third-order valence-electron chi connectivity index (χ3n) is 6.32. The van der Waals surface area contributed by atoms with E-state index in [-0.39, 0.29) is 45.5 Å². The minimum Gasteiger partial charge on any atom is -0.454 e. The van der Waals surface area contributed by atoms with E-state index in [0.717, 1.165) is 9.78 Å². The van der Waals surface area contributed by atoms with Crippen LogP contribution in [0, 0.1) is 0 Å². The Kier molecular flexibility index (Phi) is 10.1. The van der Waals surface area contributed by atoms with Gasteiger partial charge in [-0.3, -0.25) is 4.79 Å². The molecular formula is C28H27F6N3O5S.